The number of halogens is 5. The molecule has 1 aromatic rings. The van der Waals surface area contributed by atoms with Crippen LogP contribution in [0.3, 0.4) is 0 Å². The Morgan fingerprint density at radius 1 is 0.944 bits per heavy atom. The van der Waals surface area contributed by atoms with E-state index < -0.39 is 40.7 Å². The fourth-order valence-corrected chi connectivity index (χ4v) is 1.47. The van der Waals surface area contributed by atoms with Gasteiger partial charge in [0.2, 0.25) is 5.82 Å². The summed E-state index contributed by atoms with van der Waals surface area (Å²) in [4.78, 5) is 0. The van der Waals surface area contributed by atoms with E-state index in [9.17, 15) is 22.0 Å². The standard InChI is InChI=1S/C11H12F5NO/c1-3-18-4-5(17-2)6-7(12)9(14)11(16)10(15)8(6)13/h5,17H,3-4H2,1-2H3. The Labute approximate surface area is 101 Å². The third-order valence-corrected chi connectivity index (χ3v) is 2.43. The first-order chi connectivity index (χ1) is 8.45. The summed E-state index contributed by atoms with van der Waals surface area (Å²) in [6.45, 7) is 1.70. The van der Waals surface area contributed by atoms with Gasteiger partial charge in [-0.15, -0.1) is 0 Å². The van der Waals surface area contributed by atoms with Gasteiger partial charge < -0.3 is 10.1 Å². The molecule has 0 saturated heterocycles. The van der Waals surface area contributed by atoms with Gasteiger partial charge in [-0.05, 0) is 14.0 Å². The van der Waals surface area contributed by atoms with Gasteiger partial charge in [-0.25, -0.2) is 22.0 Å². The SMILES string of the molecule is CCOCC(NC)c1c(F)c(F)c(F)c(F)c1F. The highest BCUT2D eigenvalue weighted by atomic mass is 19.2. The number of hydrogen-bond donors (Lipinski definition) is 1. The third kappa shape index (κ3) is 2.62. The van der Waals surface area contributed by atoms with Crippen molar-refractivity contribution in [3.05, 3.63) is 34.6 Å². The highest BCUT2D eigenvalue weighted by Crippen LogP contribution is 2.27. The Morgan fingerprint density at radius 3 is 1.78 bits per heavy atom. The molecule has 2 nitrogen and oxygen atoms in total. The summed E-state index contributed by atoms with van der Waals surface area (Å²) in [5, 5.41) is 2.45. The molecule has 1 rings (SSSR count). The number of hydrogen-bond acceptors (Lipinski definition) is 2. The van der Waals surface area contributed by atoms with Crippen LogP contribution < -0.4 is 5.32 Å². The van der Waals surface area contributed by atoms with Gasteiger partial charge in [0.15, 0.2) is 23.3 Å². The molecule has 0 fully saturated rings. The average molecular weight is 269 g/mol. The van der Waals surface area contributed by atoms with E-state index in [2.05, 4.69) is 5.32 Å². The zero-order valence-corrected chi connectivity index (χ0v) is 9.79. The summed E-state index contributed by atoms with van der Waals surface area (Å²) >= 11 is 0. The van der Waals surface area contributed by atoms with Crippen molar-refractivity contribution in [1.29, 1.82) is 0 Å². The lowest BCUT2D eigenvalue weighted by Crippen LogP contribution is -2.25. The second-order valence-electron chi connectivity index (χ2n) is 3.48. The average Bonchev–Trinajstić information content (AvgIpc) is 2.38. The Kier molecular flexibility index (Phi) is 5.03. The molecule has 0 aliphatic carbocycles. The summed E-state index contributed by atoms with van der Waals surface area (Å²) < 4.78 is 70.6. The van der Waals surface area contributed by atoms with Gasteiger partial charge >= 0.3 is 0 Å². The Balaban J connectivity index is 3.30. The molecule has 0 saturated carbocycles. The summed E-state index contributed by atoms with van der Waals surface area (Å²) in [5.74, 6) is -9.77. The first-order valence-electron chi connectivity index (χ1n) is 5.21. The molecular weight excluding hydrogens is 257 g/mol. The fraction of sp³-hybridized carbons (Fsp3) is 0.455. The van der Waals surface area contributed by atoms with Crippen LogP contribution in [-0.2, 0) is 4.74 Å². The van der Waals surface area contributed by atoms with E-state index in [0.717, 1.165) is 0 Å². The zero-order valence-electron chi connectivity index (χ0n) is 9.79. The van der Waals surface area contributed by atoms with E-state index in [1.807, 2.05) is 0 Å². The van der Waals surface area contributed by atoms with Gasteiger partial charge in [0.1, 0.15) is 0 Å². The van der Waals surface area contributed by atoms with Crippen molar-refractivity contribution < 1.29 is 26.7 Å². The lowest BCUT2D eigenvalue weighted by molar-refractivity contribution is 0.122. The predicted octanol–water partition coefficient (Wildman–Crippen LogP) is 2.68. The van der Waals surface area contributed by atoms with E-state index in [4.69, 9.17) is 4.74 Å². The molecule has 102 valence electrons. The van der Waals surface area contributed by atoms with Crippen molar-refractivity contribution in [1.82, 2.24) is 5.32 Å². The lowest BCUT2D eigenvalue weighted by Gasteiger charge is -2.18. The van der Waals surface area contributed by atoms with E-state index in [0.29, 0.717) is 0 Å². The Hall–Kier alpha value is -1.21. The van der Waals surface area contributed by atoms with Crippen LogP contribution in [0, 0.1) is 29.1 Å². The van der Waals surface area contributed by atoms with Crippen LogP contribution in [0.15, 0.2) is 0 Å². The molecule has 0 amide bonds. The van der Waals surface area contributed by atoms with Crippen molar-refractivity contribution in [2.45, 2.75) is 13.0 Å². The molecule has 0 aliphatic heterocycles. The molecule has 0 spiro atoms. The predicted molar refractivity (Wildman–Crippen MR) is 54.5 cm³/mol. The maximum Gasteiger partial charge on any atom is 0.200 e. The largest absolute Gasteiger partial charge is 0.380 e. The van der Waals surface area contributed by atoms with Crippen LogP contribution in [0.5, 0.6) is 0 Å². The van der Waals surface area contributed by atoms with Crippen molar-refractivity contribution >= 4 is 0 Å². The van der Waals surface area contributed by atoms with Gasteiger partial charge in [-0.3, -0.25) is 0 Å². The second-order valence-corrected chi connectivity index (χ2v) is 3.48. The summed E-state index contributed by atoms with van der Waals surface area (Å²) in [6, 6.07) is -1.12. The highest BCUT2D eigenvalue weighted by molar-refractivity contribution is 5.27. The van der Waals surface area contributed by atoms with Crippen LogP contribution in [0.4, 0.5) is 22.0 Å². The molecular formula is C11H12F5NO. The zero-order chi connectivity index (χ0) is 13.9. The summed E-state index contributed by atoms with van der Waals surface area (Å²) in [6.07, 6.45) is 0. The van der Waals surface area contributed by atoms with Crippen molar-refractivity contribution in [2.75, 3.05) is 20.3 Å². The van der Waals surface area contributed by atoms with Crippen molar-refractivity contribution in [2.24, 2.45) is 0 Å². The van der Waals surface area contributed by atoms with Crippen LogP contribution >= 0.6 is 0 Å². The minimum atomic E-state index is -2.17. The topological polar surface area (TPSA) is 21.3 Å². The Bertz CT molecular complexity index is 409. The molecule has 0 heterocycles. The van der Waals surface area contributed by atoms with Gasteiger partial charge in [0.05, 0.1) is 12.6 Å². The smallest absolute Gasteiger partial charge is 0.200 e. The maximum atomic E-state index is 13.5. The molecule has 0 aromatic heterocycles. The minimum absolute atomic E-state index is 0.203. The maximum absolute atomic E-state index is 13.5. The third-order valence-electron chi connectivity index (χ3n) is 2.43. The van der Waals surface area contributed by atoms with Crippen molar-refractivity contribution in [3.8, 4) is 0 Å². The molecule has 1 atom stereocenters. The molecule has 18 heavy (non-hydrogen) atoms. The Morgan fingerprint density at radius 2 is 1.39 bits per heavy atom. The van der Waals surface area contributed by atoms with Gasteiger partial charge in [-0.1, -0.05) is 0 Å². The normalized spacial score (nSPS) is 12.8. The number of nitrogens with one attached hydrogen (secondary N) is 1. The summed E-state index contributed by atoms with van der Waals surface area (Å²) in [7, 11) is 1.34. The highest BCUT2D eigenvalue weighted by Gasteiger charge is 2.29. The number of benzene rings is 1. The molecule has 0 radical (unpaired) electrons. The lowest BCUT2D eigenvalue weighted by atomic mass is 10.1. The van der Waals surface area contributed by atoms with E-state index >= 15 is 0 Å². The van der Waals surface area contributed by atoms with Crippen molar-refractivity contribution in [3.63, 3.8) is 0 Å². The first kappa shape index (κ1) is 14.8. The molecule has 1 unspecified atom stereocenters. The van der Waals surface area contributed by atoms with Crippen LogP contribution in [-0.4, -0.2) is 20.3 Å². The minimum Gasteiger partial charge on any atom is -0.380 e. The molecule has 1 aromatic carbocycles. The van der Waals surface area contributed by atoms with E-state index in [1.165, 1.54) is 7.05 Å². The van der Waals surface area contributed by atoms with Gasteiger partial charge in [0.25, 0.3) is 0 Å². The quantitative estimate of drug-likeness (QED) is 0.504. The molecule has 0 bridgehead atoms. The van der Waals surface area contributed by atoms with Crippen LogP contribution in [0.1, 0.15) is 18.5 Å². The number of likely N-dealkylation sites (N-methyl/N-ethyl adjacent to an activating group) is 1. The van der Waals surface area contributed by atoms with Gasteiger partial charge in [0, 0.05) is 12.2 Å². The molecule has 0 aliphatic rings. The van der Waals surface area contributed by atoms with Crippen LogP contribution in [0.25, 0.3) is 0 Å². The van der Waals surface area contributed by atoms with Gasteiger partial charge in [-0.2, -0.15) is 0 Å². The first-order valence-corrected chi connectivity index (χ1v) is 5.21. The van der Waals surface area contributed by atoms with E-state index in [-0.39, 0.29) is 13.2 Å². The molecule has 7 heteroatoms. The monoisotopic (exact) mass is 269 g/mol. The molecule has 1 N–H and O–H groups in total. The number of ether oxygens (including phenoxy) is 1. The summed E-state index contributed by atoms with van der Waals surface area (Å²) in [5.41, 5.74) is -0.914. The number of rotatable bonds is 5. The van der Waals surface area contributed by atoms with E-state index in [1.54, 1.807) is 6.92 Å². The fourth-order valence-electron chi connectivity index (χ4n) is 1.47. The second kappa shape index (κ2) is 6.10. The van der Waals surface area contributed by atoms with Crippen LogP contribution in [0.2, 0.25) is 0 Å².